The summed E-state index contributed by atoms with van der Waals surface area (Å²) in [6.45, 7) is 2.99. The van der Waals surface area contributed by atoms with E-state index in [1.54, 1.807) is 11.1 Å². The van der Waals surface area contributed by atoms with Gasteiger partial charge < -0.3 is 9.88 Å². The number of carbonyl (C=O) groups excluding carboxylic acids is 1. The van der Waals surface area contributed by atoms with E-state index in [2.05, 4.69) is 21.2 Å². The Labute approximate surface area is 200 Å². The van der Waals surface area contributed by atoms with Crippen LogP contribution in [-0.2, 0) is 14.8 Å². The van der Waals surface area contributed by atoms with Gasteiger partial charge in [0.2, 0.25) is 15.9 Å². The van der Waals surface area contributed by atoms with E-state index in [0.717, 1.165) is 39.5 Å². The molecule has 1 aliphatic heterocycles. The number of sulfonamides is 1. The smallest absolute Gasteiger partial charge is 0.243 e. The third kappa shape index (κ3) is 4.26. The molecule has 8 nitrogen and oxygen atoms in total. The Kier molecular flexibility index (Phi) is 6.00. The minimum Gasteiger partial charge on any atom is -0.352 e. The number of hydrogen-bond acceptors (Lipinski definition) is 6. The molecule has 4 aromatic rings. The van der Waals surface area contributed by atoms with Gasteiger partial charge in [0.05, 0.1) is 22.4 Å². The highest BCUT2D eigenvalue weighted by molar-refractivity contribution is 8.00. The number of aryl methyl sites for hydroxylation is 1. The molecule has 5 rings (SSSR count). The first-order chi connectivity index (χ1) is 16.3. The number of fused-ring (bicyclic) bond motifs is 3. The van der Waals surface area contributed by atoms with Crippen molar-refractivity contribution in [3.05, 3.63) is 60.0 Å². The van der Waals surface area contributed by atoms with E-state index < -0.39 is 15.8 Å². The largest absolute Gasteiger partial charge is 0.352 e. The van der Waals surface area contributed by atoms with Gasteiger partial charge in [-0.05, 0) is 43.3 Å². The molecule has 1 amide bonds. The highest BCUT2D eigenvalue weighted by Crippen LogP contribution is 2.31. The molecule has 0 aliphatic carbocycles. The topological polar surface area (TPSA) is 99.3 Å². The number of halogens is 1. The van der Waals surface area contributed by atoms with Crippen LogP contribution in [0.5, 0.6) is 0 Å². The van der Waals surface area contributed by atoms with Gasteiger partial charge in [0.25, 0.3) is 0 Å². The number of aromatic amines is 1. The third-order valence-electron chi connectivity index (χ3n) is 5.92. The van der Waals surface area contributed by atoms with E-state index in [9.17, 15) is 17.6 Å². The van der Waals surface area contributed by atoms with Crippen molar-refractivity contribution >= 4 is 49.5 Å². The summed E-state index contributed by atoms with van der Waals surface area (Å²) in [7, 11) is -3.72. The van der Waals surface area contributed by atoms with Gasteiger partial charge in [-0.15, -0.1) is 5.10 Å². The van der Waals surface area contributed by atoms with Gasteiger partial charge >= 0.3 is 0 Å². The number of aromatic nitrogens is 3. The standard InChI is InChI=1S/C23H22FN5O3S2/c1-15-2-7-20-18(12-15)19-13-25-27-23(22(19)26-20)33-14-21(30)28-8-10-29(11-9-28)34(31,32)17-5-3-16(24)4-6-17/h2-7,12-13,26H,8-11,14H2,1H3. The predicted octanol–water partition coefficient (Wildman–Crippen LogP) is 3.18. The molecule has 2 aromatic carbocycles. The minimum absolute atomic E-state index is 0.0458. The van der Waals surface area contributed by atoms with Crippen LogP contribution in [0.3, 0.4) is 0 Å². The van der Waals surface area contributed by atoms with Gasteiger partial charge in [-0.3, -0.25) is 4.79 Å². The lowest BCUT2D eigenvalue weighted by Gasteiger charge is -2.34. The summed E-state index contributed by atoms with van der Waals surface area (Å²) in [6, 6.07) is 10.9. The number of piperazine rings is 1. The van der Waals surface area contributed by atoms with E-state index in [0.29, 0.717) is 18.1 Å². The molecule has 176 valence electrons. The maximum absolute atomic E-state index is 13.1. The van der Waals surface area contributed by atoms with Gasteiger partial charge in [0, 0.05) is 42.5 Å². The molecule has 11 heteroatoms. The molecule has 34 heavy (non-hydrogen) atoms. The van der Waals surface area contributed by atoms with Gasteiger partial charge in [0.15, 0.2) is 0 Å². The first-order valence-corrected chi connectivity index (χ1v) is 13.2. The predicted molar refractivity (Wildman–Crippen MR) is 129 cm³/mol. The molecule has 1 saturated heterocycles. The van der Waals surface area contributed by atoms with Crippen molar-refractivity contribution < 1.29 is 17.6 Å². The number of rotatable bonds is 5. The van der Waals surface area contributed by atoms with Crippen molar-refractivity contribution in [2.24, 2.45) is 0 Å². The summed E-state index contributed by atoms with van der Waals surface area (Å²) in [4.78, 5) is 17.9. The molecule has 0 saturated carbocycles. The molecular weight excluding hydrogens is 477 g/mol. The quantitative estimate of drug-likeness (QED) is 0.424. The van der Waals surface area contributed by atoms with Gasteiger partial charge in [-0.25, -0.2) is 12.8 Å². The summed E-state index contributed by atoms with van der Waals surface area (Å²) >= 11 is 1.31. The number of nitrogens with zero attached hydrogens (tertiary/aromatic N) is 4. The fraction of sp³-hybridized carbons (Fsp3) is 0.261. The summed E-state index contributed by atoms with van der Waals surface area (Å²) in [6.07, 6.45) is 1.72. The Morgan fingerprint density at radius 1 is 1.09 bits per heavy atom. The first-order valence-electron chi connectivity index (χ1n) is 10.7. The van der Waals surface area contributed by atoms with Crippen LogP contribution in [0, 0.1) is 12.7 Å². The van der Waals surface area contributed by atoms with Crippen LogP contribution < -0.4 is 0 Å². The number of hydrogen-bond donors (Lipinski definition) is 1. The number of thioether (sulfide) groups is 1. The second kappa shape index (κ2) is 8.97. The van der Waals surface area contributed by atoms with Crippen LogP contribution in [0.1, 0.15) is 5.56 Å². The normalized spacial score (nSPS) is 15.3. The maximum atomic E-state index is 13.1. The molecule has 0 radical (unpaired) electrons. The summed E-state index contributed by atoms with van der Waals surface area (Å²) < 4.78 is 40.0. The van der Waals surface area contributed by atoms with E-state index in [1.165, 1.54) is 28.2 Å². The summed E-state index contributed by atoms with van der Waals surface area (Å²) in [5, 5.41) is 11.0. The van der Waals surface area contributed by atoms with Crippen LogP contribution in [-0.4, -0.2) is 70.6 Å². The molecule has 3 heterocycles. The zero-order valence-corrected chi connectivity index (χ0v) is 20.0. The van der Waals surface area contributed by atoms with E-state index in [4.69, 9.17) is 0 Å². The van der Waals surface area contributed by atoms with Crippen molar-refractivity contribution in [3.63, 3.8) is 0 Å². The zero-order chi connectivity index (χ0) is 23.9. The highest BCUT2D eigenvalue weighted by atomic mass is 32.2. The lowest BCUT2D eigenvalue weighted by Crippen LogP contribution is -2.50. The van der Waals surface area contributed by atoms with Crippen LogP contribution in [0.4, 0.5) is 4.39 Å². The van der Waals surface area contributed by atoms with E-state index >= 15 is 0 Å². The molecule has 1 fully saturated rings. The molecule has 0 unspecified atom stereocenters. The third-order valence-corrected chi connectivity index (χ3v) is 8.78. The number of nitrogens with one attached hydrogen (secondary N) is 1. The number of H-pyrrole nitrogens is 1. The number of benzene rings is 2. The number of carbonyl (C=O) groups is 1. The Morgan fingerprint density at radius 3 is 2.56 bits per heavy atom. The average Bonchev–Trinajstić information content (AvgIpc) is 3.21. The van der Waals surface area contributed by atoms with E-state index in [1.807, 2.05) is 19.1 Å². The fourth-order valence-corrected chi connectivity index (χ4v) is 6.35. The van der Waals surface area contributed by atoms with Crippen molar-refractivity contribution in [3.8, 4) is 0 Å². The maximum Gasteiger partial charge on any atom is 0.243 e. The Bertz CT molecular complexity index is 1480. The molecular formula is C23H22FN5O3S2. The van der Waals surface area contributed by atoms with Crippen molar-refractivity contribution in [2.75, 3.05) is 31.9 Å². The Balaban J connectivity index is 1.24. The molecule has 2 aromatic heterocycles. The Morgan fingerprint density at radius 2 is 1.82 bits per heavy atom. The Hall–Kier alpha value is -3.02. The monoisotopic (exact) mass is 499 g/mol. The molecule has 0 bridgehead atoms. The van der Waals surface area contributed by atoms with Gasteiger partial charge in [-0.2, -0.15) is 9.40 Å². The second-order valence-corrected chi connectivity index (χ2v) is 11.0. The van der Waals surface area contributed by atoms with Crippen LogP contribution >= 0.6 is 11.8 Å². The minimum atomic E-state index is -3.72. The fourth-order valence-electron chi connectivity index (χ4n) is 4.07. The summed E-state index contributed by atoms with van der Waals surface area (Å²) in [5.41, 5.74) is 2.99. The van der Waals surface area contributed by atoms with Gasteiger partial charge in [0.1, 0.15) is 10.8 Å². The van der Waals surface area contributed by atoms with Crippen molar-refractivity contribution in [1.82, 2.24) is 24.4 Å². The molecule has 1 aliphatic rings. The van der Waals surface area contributed by atoms with Crippen LogP contribution in [0.25, 0.3) is 21.8 Å². The summed E-state index contributed by atoms with van der Waals surface area (Å²) in [5.74, 6) is -0.406. The van der Waals surface area contributed by atoms with E-state index in [-0.39, 0.29) is 29.6 Å². The molecule has 0 spiro atoms. The van der Waals surface area contributed by atoms with Crippen LogP contribution in [0.15, 0.2) is 58.6 Å². The zero-order valence-electron chi connectivity index (χ0n) is 18.4. The second-order valence-electron chi connectivity index (χ2n) is 8.14. The molecule has 0 atom stereocenters. The number of amides is 1. The van der Waals surface area contributed by atoms with Crippen molar-refractivity contribution in [2.45, 2.75) is 16.8 Å². The lowest BCUT2D eigenvalue weighted by molar-refractivity contribution is -0.129. The highest BCUT2D eigenvalue weighted by Gasteiger charge is 2.30. The average molecular weight is 500 g/mol. The van der Waals surface area contributed by atoms with Crippen LogP contribution in [0.2, 0.25) is 0 Å². The SMILES string of the molecule is Cc1ccc2[nH]c3c(SCC(=O)N4CCN(S(=O)(=O)c5ccc(F)cc5)CC4)nncc3c2c1. The van der Waals surface area contributed by atoms with Gasteiger partial charge in [-0.1, -0.05) is 23.4 Å². The molecule has 1 N–H and O–H groups in total. The lowest BCUT2D eigenvalue weighted by atomic mass is 10.1. The first kappa shape index (κ1) is 22.8. The van der Waals surface area contributed by atoms with Crippen molar-refractivity contribution in [1.29, 1.82) is 0 Å².